The fourth-order valence-corrected chi connectivity index (χ4v) is 3.81. The van der Waals surface area contributed by atoms with Crippen molar-refractivity contribution in [3.05, 3.63) is 83.0 Å². The van der Waals surface area contributed by atoms with E-state index in [1.165, 1.54) is 29.6 Å². The van der Waals surface area contributed by atoms with E-state index in [0.717, 1.165) is 17.0 Å². The van der Waals surface area contributed by atoms with E-state index in [4.69, 9.17) is 4.74 Å². The maximum atomic E-state index is 12.2. The molecule has 0 saturated heterocycles. The third-order valence-electron chi connectivity index (χ3n) is 6.04. The average molecular weight is 420 g/mol. The summed E-state index contributed by atoms with van der Waals surface area (Å²) in [6.07, 6.45) is 14.6. The number of hydrogen-bond donors (Lipinski definition) is 1. The molecular weight excluding hydrogens is 382 g/mol. The fraction of sp³-hybridized carbons (Fsp3) is 0.393. The second kappa shape index (κ2) is 11.0. The highest BCUT2D eigenvalue weighted by Gasteiger charge is 2.29. The van der Waals surface area contributed by atoms with Crippen LogP contribution >= 0.6 is 0 Å². The van der Waals surface area contributed by atoms with E-state index >= 15 is 0 Å². The quantitative estimate of drug-likeness (QED) is 0.369. The van der Waals surface area contributed by atoms with Gasteiger partial charge in [0.2, 0.25) is 5.91 Å². The second-order valence-corrected chi connectivity index (χ2v) is 9.13. The lowest BCUT2D eigenvalue weighted by atomic mass is 9.69. The van der Waals surface area contributed by atoms with Crippen molar-refractivity contribution in [1.82, 2.24) is 0 Å². The fourth-order valence-electron chi connectivity index (χ4n) is 3.81. The van der Waals surface area contributed by atoms with Crippen molar-refractivity contribution in [2.24, 2.45) is 11.3 Å². The molecule has 0 bridgehead atoms. The van der Waals surface area contributed by atoms with Gasteiger partial charge >= 0.3 is 0 Å². The smallest absolute Gasteiger partial charge is 0.248 e. The molecule has 1 aliphatic rings. The first kappa shape index (κ1) is 24.5. The molecule has 0 aromatic heterocycles. The number of carbonyl (C=O) groups is 1. The van der Waals surface area contributed by atoms with E-state index in [9.17, 15) is 4.79 Å². The SMILES string of the molecule is COc1ccc(NC(=O)\C=C(C)/C=C/C=C(C)/C=C/C2=C(C)C(C)CCC2(C)C)cc1. The molecule has 1 aliphatic carbocycles. The Hall–Kier alpha value is -2.81. The minimum atomic E-state index is -0.149. The summed E-state index contributed by atoms with van der Waals surface area (Å²) in [5, 5.41) is 2.86. The highest BCUT2D eigenvalue weighted by molar-refractivity contribution is 6.00. The Bertz CT molecular complexity index is 924. The molecule has 3 heteroatoms. The van der Waals surface area contributed by atoms with Crippen LogP contribution in [0.25, 0.3) is 0 Å². The number of methoxy groups -OCH3 is 1. The number of rotatable bonds is 7. The highest BCUT2D eigenvalue weighted by Crippen LogP contribution is 2.43. The molecule has 0 fully saturated rings. The second-order valence-electron chi connectivity index (χ2n) is 9.13. The maximum Gasteiger partial charge on any atom is 0.248 e. The Morgan fingerprint density at radius 1 is 1.13 bits per heavy atom. The van der Waals surface area contributed by atoms with Crippen molar-refractivity contribution in [1.29, 1.82) is 0 Å². The van der Waals surface area contributed by atoms with E-state index in [1.54, 1.807) is 13.2 Å². The first-order chi connectivity index (χ1) is 14.6. The van der Waals surface area contributed by atoms with Crippen molar-refractivity contribution in [2.45, 2.75) is 54.4 Å². The van der Waals surface area contributed by atoms with Crippen molar-refractivity contribution in [2.75, 3.05) is 12.4 Å². The molecule has 1 unspecified atom stereocenters. The largest absolute Gasteiger partial charge is 0.497 e. The minimum absolute atomic E-state index is 0.149. The third-order valence-corrected chi connectivity index (χ3v) is 6.04. The summed E-state index contributed by atoms with van der Waals surface area (Å²) in [7, 11) is 1.62. The molecular formula is C28H37NO2. The number of hydrogen-bond acceptors (Lipinski definition) is 2. The predicted octanol–water partition coefficient (Wildman–Crippen LogP) is 7.41. The molecule has 0 heterocycles. The Labute approximate surface area is 188 Å². The topological polar surface area (TPSA) is 38.3 Å². The summed E-state index contributed by atoms with van der Waals surface area (Å²) < 4.78 is 5.13. The van der Waals surface area contributed by atoms with Gasteiger partial charge in [-0.3, -0.25) is 4.79 Å². The molecule has 1 N–H and O–H groups in total. The summed E-state index contributed by atoms with van der Waals surface area (Å²) in [5.41, 5.74) is 6.02. The molecule has 31 heavy (non-hydrogen) atoms. The lowest BCUT2D eigenvalue weighted by molar-refractivity contribution is -0.111. The van der Waals surface area contributed by atoms with E-state index in [1.807, 2.05) is 43.3 Å². The van der Waals surface area contributed by atoms with Crippen LogP contribution in [-0.4, -0.2) is 13.0 Å². The number of ether oxygens (including phenoxy) is 1. The van der Waals surface area contributed by atoms with E-state index < -0.39 is 0 Å². The van der Waals surface area contributed by atoms with E-state index in [2.05, 4.69) is 58.2 Å². The van der Waals surface area contributed by atoms with Gasteiger partial charge in [-0.2, -0.15) is 0 Å². The van der Waals surface area contributed by atoms with Crippen LogP contribution in [0.5, 0.6) is 5.75 Å². The van der Waals surface area contributed by atoms with Crippen LogP contribution in [0.2, 0.25) is 0 Å². The molecule has 1 atom stereocenters. The predicted molar refractivity (Wildman–Crippen MR) is 132 cm³/mol. The van der Waals surface area contributed by atoms with Crippen LogP contribution in [-0.2, 0) is 4.79 Å². The maximum absolute atomic E-state index is 12.2. The van der Waals surface area contributed by atoms with Gasteiger partial charge in [-0.05, 0) is 80.4 Å². The van der Waals surface area contributed by atoms with Crippen molar-refractivity contribution in [3.8, 4) is 5.75 Å². The Morgan fingerprint density at radius 2 is 1.81 bits per heavy atom. The molecule has 0 saturated carbocycles. The standard InChI is InChI=1S/C28H37NO2/c1-20(11-16-26-23(4)22(3)17-18-28(26,5)6)9-8-10-21(2)19-27(30)29-24-12-14-25(31-7)15-13-24/h8-16,19,22H,17-18H2,1-7H3,(H,29,30)/b10-8+,16-11+,20-9+,21-19-. The van der Waals surface area contributed by atoms with Crippen LogP contribution in [0.4, 0.5) is 5.69 Å². The third kappa shape index (κ3) is 7.43. The zero-order valence-corrected chi connectivity index (χ0v) is 20.1. The van der Waals surface area contributed by atoms with Gasteiger partial charge in [0.05, 0.1) is 7.11 Å². The van der Waals surface area contributed by atoms with Crippen LogP contribution < -0.4 is 10.1 Å². The number of nitrogens with one attached hydrogen (secondary N) is 1. The summed E-state index contributed by atoms with van der Waals surface area (Å²) in [6.45, 7) is 13.3. The molecule has 3 nitrogen and oxygen atoms in total. The Balaban J connectivity index is 1.98. The molecule has 0 radical (unpaired) electrons. The normalized spacial score (nSPS) is 19.9. The van der Waals surface area contributed by atoms with Gasteiger partial charge in [-0.15, -0.1) is 0 Å². The molecule has 0 aliphatic heterocycles. The van der Waals surface area contributed by atoms with Crippen LogP contribution in [0.15, 0.2) is 83.0 Å². The molecule has 0 spiro atoms. The van der Waals surface area contributed by atoms with E-state index in [0.29, 0.717) is 5.92 Å². The van der Waals surface area contributed by atoms with Crippen LogP contribution in [0, 0.1) is 11.3 Å². The van der Waals surface area contributed by atoms with Crippen molar-refractivity contribution < 1.29 is 9.53 Å². The molecule has 1 aromatic carbocycles. The Morgan fingerprint density at radius 3 is 2.45 bits per heavy atom. The average Bonchev–Trinajstić information content (AvgIpc) is 2.71. The number of allylic oxidation sites excluding steroid dienone is 9. The zero-order valence-electron chi connectivity index (χ0n) is 20.1. The van der Waals surface area contributed by atoms with Gasteiger partial charge in [-0.1, -0.05) is 62.3 Å². The van der Waals surface area contributed by atoms with Crippen LogP contribution in [0.1, 0.15) is 54.4 Å². The number of benzene rings is 1. The summed E-state index contributed by atoms with van der Waals surface area (Å²) in [6, 6.07) is 7.28. The number of carbonyl (C=O) groups excluding carboxylic acids is 1. The first-order valence-corrected chi connectivity index (χ1v) is 11.0. The Kier molecular flexibility index (Phi) is 8.67. The summed E-state index contributed by atoms with van der Waals surface area (Å²) in [4.78, 5) is 12.2. The molecule has 166 valence electrons. The van der Waals surface area contributed by atoms with E-state index in [-0.39, 0.29) is 11.3 Å². The van der Waals surface area contributed by atoms with Gasteiger partial charge in [0.25, 0.3) is 0 Å². The van der Waals surface area contributed by atoms with Gasteiger partial charge in [0.1, 0.15) is 5.75 Å². The van der Waals surface area contributed by atoms with Crippen molar-refractivity contribution in [3.63, 3.8) is 0 Å². The minimum Gasteiger partial charge on any atom is -0.497 e. The molecule has 2 rings (SSSR count). The molecule has 1 aromatic rings. The zero-order chi connectivity index (χ0) is 23.0. The van der Waals surface area contributed by atoms with Gasteiger partial charge < -0.3 is 10.1 Å². The summed E-state index contributed by atoms with van der Waals surface area (Å²) in [5.74, 6) is 1.27. The number of amides is 1. The molecule has 1 amide bonds. The highest BCUT2D eigenvalue weighted by atomic mass is 16.5. The first-order valence-electron chi connectivity index (χ1n) is 11.0. The number of anilines is 1. The van der Waals surface area contributed by atoms with Crippen LogP contribution in [0.3, 0.4) is 0 Å². The lowest BCUT2D eigenvalue weighted by Gasteiger charge is -2.36. The van der Waals surface area contributed by atoms with Gasteiger partial charge in [0, 0.05) is 11.8 Å². The monoisotopic (exact) mass is 419 g/mol. The van der Waals surface area contributed by atoms with Gasteiger partial charge in [0.15, 0.2) is 0 Å². The summed E-state index contributed by atoms with van der Waals surface area (Å²) >= 11 is 0. The lowest BCUT2D eigenvalue weighted by Crippen LogP contribution is -2.23. The van der Waals surface area contributed by atoms with Crippen molar-refractivity contribution >= 4 is 11.6 Å². The van der Waals surface area contributed by atoms with Gasteiger partial charge in [-0.25, -0.2) is 0 Å².